The zero-order valence-corrected chi connectivity index (χ0v) is 22.8. The van der Waals surface area contributed by atoms with Crippen molar-refractivity contribution < 1.29 is 14.0 Å². The average molecular weight is 555 g/mol. The third kappa shape index (κ3) is 4.77. The summed E-state index contributed by atoms with van der Waals surface area (Å²) < 4.78 is 14.9. The van der Waals surface area contributed by atoms with Gasteiger partial charge < -0.3 is 18.6 Å². The van der Waals surface area contributed by atoms with Crippen LogP contribution < -0.4 is 4.74 Å². The molecule has 0 aliphatic heterocycles. The Balaban J connectivity index is 1.34. The van der Waals surface area contributed by atoms with Gasteiger partial charge in [-0.2, -0.15) is 0 Å². The number of furan rings is 1. The number of methoxy groups -OCH3 is 1. The molecule has 9 nitrogen and oxygen atoms in total. The minimum Gasteiger partial charge on any atom is -0.497 e. The van der Waals surface area contributed by atoms with E-state index in [1.807, 2.05) is 72.8 Å². The predicted molar refractivity (Wildman–Crippen MR) is 160 cm³/mol. The third-order valence-electron chi connectivity index (χ3n) is 7.01. The highest BCUT2D eigenvalue weighted by Crippen LogP contribution is 2.42. The number of rotatable bonds is 9. The molecule has 9 heteroatoms. The van der Waals surface area contributed by atoms with Gasteiger partial charge in [-0.05, 0) is 53.1 Å². The second-order valence-corrected chi connectivity index (χ2v) is 9.64. The molecule has 0 aliphatic rings. The van der Waals surface area contributed by atoms with Gasteiger partial charge in [0.1, 0.15) is 23.5 Å². The fraction of sp³-hybridized carbons (Fsp3) is 0.0909. The van der Waals surface area contributed by atoms with E-state index in [-0.39, 0.29) is 6.61 Å². The number of aromatic nitrogens is 5. The van der Waals surface area contributed by atoms with E-state index in [0.29, 0.717) is 18.0 Å². The summed E-state index contributed by atoms with van der Waals surface area (Å²) in [5, 5.41) is 9.65. The summed E-state index contributed by atoms with van der Waals surface area (Å²) in [5.41, 5.74) is 6.54. The van der Waals surface area contributed by atoms with Crippen molar-refractivity contribution in [3.05, 3.63) is 127 Å². The fourth-order valence-corrected chi connectivity index (χ4v) is 5.12. The first kappa shape index (κ1) is 25.3. The van der Waals surface area contributed by atoms with Gasteiger partial charge in [-0.25, -0.2) is 14.5 Å². The minimum absolute atomic E-state index is 0.106. The van der Waals surface area contributed by atoms with Gasteiger partial charge in [-0.3, -0.25) is 0 Å². The summed E-state index contributed by atoms with van der Waals surface area (Å²) in [6.45, 7) is 0.614. The molecule has 0 bridgehead atoms. The van der Waals surface area contributed by atoms with Crippen molar-refractivity contribution in [2.75, 3.05) is 7.11 Å². The van der Waals surface area contributed by atoms with Crippen LogP contribution in [0.25, 0.3) is 39.1 Å². The monoisotopic (exact) mass is 554 g/mol. The summed E-state index contributed by atoms with van der Waals surface area (Å²) in [6.07, 6.45) is 5.02. The first-order valence-corrected chi connectivity index (χ1v) is 13.5. The lowest BCUT2D eigenvalue weighted by atomic mass is 9.99. The van der Waals surface area contributed by atoms with Gasteiger partial charge in [0, 0.05) is 5.56 Å². The maximum atomic E-state index is 5.76. The molecule has 4 aromatic heterocycles. The van der Waals surface area contributed by atoms with Crippen molar-refractivity contribution in [2.45, 2.75) is 13.2 Å². The van der Waals surface area contributed by atoms with Crippen molar-refractivity contribution in [3.63, 3.8) is 0 Å². The fourth-order valence-electron chi connectivity index (χ4n) is 5.12. The van der Waals surface area contributed by atoms with E-state index in [0.717, 1.165) is 50.5 Å². The molecule has 0 N–H and O–H groups in total. The number of oxime groups is 1. The zero-order chi connectivity index (χ0) is 28.3. The lowest BCUT2D eigenvalue weighted by Gasteiger charge is -2.11. The molecule has 0 aliphatic carbocycles. The van der Waals surface area contributed by atoms with Crippen LogP contribution in [0.3, 0.4) is 0 Å². The Morgan fingerprint density at radius 1 is 0.857 bits per heavy atom. The van der Waals surface area contributed by atoms with E-state index in [1.54, 1.807) is 30.4 Å². The highest BCUT2D eigenvalue weighted by atomic mass is 16.6. The van der Waals surface area contributed by atoms with E-state index >= 15 is 0 Å². The molecule has 206 valence electrons. The first-order valence-electron chi connectivity index (χ1n) is 13.5. The molecule has 0 saturated carbocycles. The molecule has 0 unspecified atom stereocenters. The Hall–Kier alpha value is -5.70. The highest BCUT2D eigenvalue weighted by molar-refractivity contribution is 6.09. The smallest absolute Gasteiger partial charge is 0.192 e. The van der Waals surface area contributed by atoms with Gasteiger partial charge >= 0.3 is 0 Å². The Morgan fingerprint density at radius 3 is 2.33 bits per heavy atom. The molecule has 3 aromatic carbocycles. The SMILES string of the molecule is COc1ccc(C=NOCc2nc3c4c(-c5ccccc5)c(-c5ccccc5)n(Cc5ccco5)c4ncn3n2)cc1. The number of benzene rings is 3. The van der Waals surface area contributed by atoms with Crippen LogP contribution in [0.4, 0.5) is 0 Å². The van der Waals surface area contributed by atoms with Gasteiger partial charge in [0.2, 0.25) is 0 Å². The number of hydrogen-bond acceptors (Lipinski definition) is 7. The van der Waals surface area contributed by atoms with Crippen LogP contribution in [0.1, 0.15) is 17.1 Å². The largest absolute Gasteiger partial charge is 0.497 e. The Morgan fingerprint density at radius 2 is 1.62 bits per heavy atom. The van der Waals surface area contributed by atoms with Crippen LogP contribution in [0.5, 0.6) is 5.75 Å². The maximum Gasteiger partial charge on any atom is 0.192 e. The van der Waals surface area contributed by atoms with E-state index in [1.165, 1.54) is 0 Å². The highest BCUT2D eigenvalue weighted by Gasteiger charge is 2.25. The summed E-state index contributed by atoms with van der Waals surface area (Å²) in [7, 11) is 1.64. The number of ether oxygens (including phenoxy) is 1. The molecule has 0 radical (unpaired) electrons. The molecule has 42 heavy (non-hydrogen) atoms. The van der Waals surface area contributed by atoms with Gasteiger partial charge in [0.25, 0.3) is 0 Å². The van der Waals surface area contributed by atoms with E-state index < -0.39 is 0 Å². The summed E-state index contributed by atoms with van der Waals surface area (Å²) >= 11 is 0. The molecule has 0 atom stereocenters. The van der Waals surface area contributed by atoms with Crippen LogP contribution in [0.15, 0.2) is 119 Å². The standard InChI is InChI=1S/C33H26N6O3/c1-40-26-16-14-23(15-17-26)19-35-42-21-28-36-33-30-29(24-9-4-2-5-10-24)31(25-11-6-3-7-12-25)38(20-27-13-8-18-41-27)32(30)34-22-39(33)37-28/h2-19,22H,20-21H2,1H3. The Labute approximate surface area is 241 Å². The van der Waals surface area contributed by atoms with E-state index in [2.05, 4.69) is 39.1 Å². The minimum atomic E-state index is 0.106. The van der Waals surface area contributed by atoms with Crippen molar-refractivity contribution in [1.82, 2.24) is 24.1 Å². The maximum absolute atomic E-state index is 5.76. The quantitative estimate of drug-likeness (QED) is 0.147. The van der Waals surface area contributed by atoms with Gasteiger partial charge in [0.15, 0.2) is 18.1 Å². The lowest BCUT2D eigenvalue weighted by molar-refractivity contribution is 0.126. The molecule has 7 rings (SSSR count). The predicted octanol–water partition coefficient (Wildman–Crippen LogP) is 6.61. The van der Waals surface area contributed by atoms with Crippen LogP contribution in [0, 0.1) is 0 Å². The molecule has 0 spiro atoms. The topological polar surface area (TPSA) is 92.0 Å². The normalized spacial score (nSPS) is 11.5. The molecule has 7 aromatic rings. The molecule has 4 heterocycles. The molecule has 0 saturated heterocycles. The molecular weight excluding hydrogens is 528 g/mol. The number of hydrogen-bond donors (Lipinski definition) is 0. The Bertz CT molecular complexity index is 1980. The third-order valence-corrected chi connectivity index (χ3v) is 7.01. The lowest BCUT2D eigenvalue weighted by Crippen LogP contribution is -2.03. The van der Waals surface area contributed by atoms with Crippen molar-refractivity contribution in [3.8, 4) is 28.1 Å². The second kappa shape index (κ2) is 11.1. The molecular formula is C33H26N6O3. The zero-order valence-electron chi connectivity index (χ0n) is 22.8. The number of nitrogens with zero attached hydrogens (tertiary/aromatic N) is 6. The van der Waals surface area contributed by atoms with Gasteiger partial charge in [-0.1, -0.05) is 65.8 Å². The van der Waals surface area contributed by atoms with Crippen LogP contribution in [-0.2, 0) is 18.0 Å². The number of fused-ring (bicyclic) bond motifs is 3. The van der Waals surface area contributed by atoms with Crippen molar-refractivity contribution >= 4 is 22.9 Å². The van der Waals surface area contributed by atoms with Crippen LogP contribution >= 0.6 is 0 Å². The van der Waals surface area contributed by atoms with Crippen molar-refractivity contribution in [2.24, 2.45) is 5.16 Å². The van der Waals surface area contributed by atoms with E-state index in [4.69, 9.17) is 24.0 Å². The summed E-state index contributed by atoms with van der Waals surface area (Å²) in [4.78, 5) is 15.4. The second-order valence-electron chi connectivity index (χ2n) is 9.64. The Kier molecular flexibility index (Phi) is 6.65. The van der Waals surface area contributed by atoms with Crippen LogP contribution in [0.2, 0.25) is 0 Å². The van der Waals surface area contributed by atoms with Crippen molar-refractivity contribution in [1.29, 1.82) is 0 Å². The average Bonchev–Trinajstić information content (AvgIpc) is 3.78. The first-order chi connectivity index (χ1) is 20.8. The summed E-state index contributed by atoms with van der Waals surface area (Å²) in [6, 6.07) is 32.0. The van der Waals surface area contributed by atoms with E-state index in [9.17, 15) is 0 Å². The van der Waals surface area contributed by atoms with Gasteiger partial charge in [-0.15, -0.1) is 5.10 Å². The van der Waals surface area contributed by atoms with Gasteiger partial charge in [0.05, 0.1) is 37.2 Å². The molecule has 0 fully saturated rings. The molecule has 0 amide bonds. The van der Waals surface area contributed by atoms with Crippen LogP contribution in [-0.4, -0.2) is 37.5 Å². The summed E-state index contributed by atoms with van der Waals surface area (Å²) in [5.74, 6) is 2.11.